The van der Waals surface area contributed by atoms with E-state index in [9.17, 15) is 4.79 Å². The van der Waals surface area contributed by atoms with Gasteiger partial charge in [-0.05, 0) is 43.0 Å². The van der Waals surface area contributed by atoms with E-state index in [1.807, 2.05) is 24.0 Å². The number of carbonyl (C=O) groups is 1. The Bertz CT molecular complexity index is 786. The Kier molecular flexibility index (Phi) is 4.86. The third kappa shape index (κ3) is 3.35. The first-order chi connectivity index (χ1) is 12.2. The lowest BCUT2D eigenvalue weighted by Crippen LogP contribution is -2.33. The molecule has 2 aromatic carbocycles. The molecule has 0 saturated carbocycles. The second-order valence-electron chi connectivity index (χ2n) is 6.19. The van der Waals surface area contributed by atoms with Crippen LogP contribution >= 0.6 is 23.5 Å². The quantitative estimate of drug-likeness (QED) is 0.772. The molecule has 0 N–H and O–H groups in total. The molecule has 3 nitrogen and oxygen atoms in total. The average Bonchev–Trinajstić information content (AvgIpc) is 3.08. The molecule has 0 aromatic heterocycles. The molecular formula is C20H20N2OS2. The number of aliphatic imine (C=N–C) groups is 1. The molecule has 4 rings (SSSR count). The van der Waals surface area contributed by atoms with Crippen LogP contribution in [0.4, 0.5) is 11.4 Å². The molecule has 0 saturated heterocycles. The zero-order chi connectivity index (χ0) is 17.2. The van der Waals surface area contributed by atoms with Crippen molar-refractivity contribution in [3.63, 3.8) is 0 Å². The summed E-state index contributed by atoms with van der Waals surface area (Å²) in [7, 11) is 0. The van der Waals surface area contributed by atoms with Gasteiger partial charge in [0.25, 0.3) is 0 Å². The lowest BCUT2D eigenvalue weighted by atomic mass is 10.0. The number of rotatable bonds is 2. The normalized spacial score (nSPS) is 17.3. The Morgan fingerprint density at radius 1 is 1.08 bits per heavy atom. The summed E-state index contributed by atoms with van der Waals surface area (Å²) in [6.07, 6.45) is 1.92. The fourth-order valence-electron chi connectivity index (χ4n) is 3.29. The molecule has 0 fully saturated rings. The lowest BCUT2D eigenvalue weighted by molar-refractivity contribution is -0.117. The predicted octanol–water partition coefficient (Wildman–Crippen LogP) is 4.67. The summed E-state index contributed by atoms with van der Waals surface area (Å²) in [6, 6.07) is 16.5. The van der Waals surface area contributed by atoms with E-state index >= 15 is 0 Å². The Morgan fingerprint density at radius 3 is 2.24 bits per heavy atom. The minimum Gasteiger partial charge on any atom is -0.280 e. The molecule has 2 aliphatic heterocycles. The van der Waals surface area contributed by atoms with Gasteiger partial charge >= 0.3 is 0 Å². The van der Waals surface area contributed by atoms with Crippen molar-refractivity contribution >= 4 is 45.2 Å². The van der Waals surface area contributed by atoms with E-state index in [1.54, 1.807) is 23.5 Å². The highest BCUT2D eigenvalue weighted by Gasteiger charge is 2.30. The van der Waals surface area contributed by atoms with Gasteiger partial charge in [0.05, 0.1) is 23.2 Å². The number of benzene rings is 2. The molecule has 5 heteroatoms. The van der Waals surface area contributed by atoms with Crippen molar-refractivity contribution in [3.05, 3.63) is 59.7 Å². The fourth-order valence-corrected chi connectivity index (χ4v) is 5.46. The van der Waals surface area contributed by atoms with Gasteiger partial charge in [-0.15, -0.1) is 0 Å². The number of carbonyl (C=O) groups excluding carboxylic acids is 1. The van der Waals surface area contributed by atoms with Crippen LogP contribution in [0.25, 0.3) is 0 Å². The topological polar surface area (TPSA) is 32.7 Å². The van der Waals surface area contributed by atoms with Gasteiger partial charge in [0.15, 0.2) is 0 Å². The minimum atomic E-state index is -0.163. The molecule has 0 spiro atoms. The second-order valence-corrected chi connectivity index (χ2v) is 8.86. The highest BCUT2D eigenvalue weighted by atomic mass is 32.2. The number of para-hydroxylation sites is 2. The molecule has 0 radical (unpaired) electrons. The van der Waals surface area contributed by atoms with Gasteiger partial charge in [0, 0.05) is 5.75 Å². The first-order valence-corrected chi connectivity index (χ1v) is 10.4. The lowest BCUT2D eigenvalue weighted by Gasteiger charge is -2.27. The van der Waals surface area contributed by atoms with Crippen LogP contribution in [0.5, 0.6) is 0 Å². The highest BCUT2D eigenvalue weighted by molar-refractivity contribution is 8.39. The van der Waals surface area contributed by atoms with Gasteiger partial charge in [0.1, 0.15) is 4.38 Å². The molecular weight excluding hydrogens is 348 g/mol. The maximum Gasteiger partial charge on any atom is 0.244 e. The van der Waals surface area contributed by atoms with Crippen molar-refractivity contribution in [3.8, 4) is 0 Å². The van der Waals surface area contributed by atoms with Crippen LogP contribution < -0.4 is 4.90 Å². The Labute approximate surface area is 156 Å². The number of amides is 1. The van der Waals surface area contributed by atoms with Crippen molar-refractivity contribution in [1.82, 2.24) is 0 Å². The van der Waals surface area contributed by atoms with Gasteiger partial charge < -0.3 is 0 Å². The van der Waals surface area contributed by atoms with E-state index in [1.165, 1.54) is 11.1 Å². The number of nitrogens with zero attached hydrogens (tertiary/aromatic N) is 2. The number of hydrogen-bond donors (Lipinski definition) is 0. The van der Waals surface area contributed by atoms with Crippen molar-refractivity contribution < 1.29 is 4.79 Å². The smallest absolute Gasteiger partial charge is 0.244 e. The molecule has 2 aromatic rings. The summed E-state index contributed by atoms with van der Waals surface area (Å²) >= 11 is 3.34. The summed E-state index contributed by atoms with van der Waals surface area (Å²) in [6.45, 7) is 2.85. The Balaban J connectivity index is 1.72. The summed E-state index contributed by atoms with van der Waals surface area (Å²) < 4.78 is 1.04. The van der Waals surface area contributed by atoms with Gasteiger partial charge in [0.2, 0.25) is 5.91 Å². The molecule has 0 bridgehead atoms. The Hall–Kier alpha value is -1.72. The third-order valence-electron chi connectivity index (χ3n) is 4.53. The molecule has 2 heterocycles. The van der Waals surface area contributed by atoms with Crippen molar-refractivity contribution in [2.45, 2.75) is 25.0 Å². The first-order valence-electron chi connectivity index (χ1n) is 8.58. The molecule has 25 heavy (non-hydrogen) atoms. The zero-order valence-corrected chi connectivity index (χ0v) is 15.8. The number of anilines is 2. The third-order valence-corrected chi connectivity index (χ3v) is 6.82. The van der Waals surface area contributed by atoms with Crippen molar-refractivity contribution in [2.24, 2.45) is 4.99 Å². The van der Waals surface area contributed by atoms with Crippen LogP contribution in [0.2, 0.25) is 0 Å². The van der Waals surface area contributed by atoms with Gasteiger partial charge in [-0.25, -0.2) is 0 Å². The van der Waals surface area contributed by atoms with Gasteiger partial charge in [-0.1, -0.05) is 59.9 Å². The molecule has 1 amide bonds. The summed E-state index contributed by atoms with van der Waals surface area (Å²) in [5, 5.41) is -0.163. The van der Waals surface area contributed by atoms with Crippen LogP contribution in [-0.4, -0.2) is 27.8 Å². The molecule has 0 aliphatic carbocycles. The number of fused-ring (bicyclic) bond motifs is 2. The van der Waals surface area contributed by atoms with Crippen LogP contribution in [-0.2, 0) is 17.6 Å². The first kappa shape index (κ1) is 16.7. The number of hydrogen-bond acceptors (Lipinski definition) is 4. The van der Waals surface area contributed by atoms with Crippen LogP contribution in [0.3, 0.4) is 0 Å². The molecule has 2 aliphatic rings. The number of thioether (sulfide) groups is 2. The zero-order valence-electron chi connectivity index (χ0n) is 14.1. The van der Waals surface area contributed by atoms with E-state index in [-0.39, 0.29) is 11.2 Å². The standard InChI is InChI=1S/C20H20N2OS2/c1-14(25-20-21-12-13-24-20)19(23)22-17-8-4-2-6-15(17)10-11-16-7-3-5-9-18(16)22/h2-9,14H,10-13H2,1H3. The monoisotopic (exact) mass is 368 g/mol. The molecule has 128 valence electrons. The van der Waals surface area contributed by atoms with E-state index in [0.29, 0.717) is 0 Å². The van der Waals surface area contributed by atoms with E-state index < -0.39 is 0 Å². The average molecular weight is 369 g/mol. The predicted molar refractivity (Wildman–Crippen MR) is 109 cm³/mol. The van der Waals surface area contributed by atoms with E-state index in [0.717, 1.165) is 40.9 Å². The maximum atomic E-state index is 13.4. The maximum absolute atomic E-state index is 13.4. The van der Waals surface area contributed by atoms with Gasteiger partial charge in [-0.2, -0.15) is 0 Å². The van der Waals surface area contributed by atoms with Crippen LogP contribution in [0, 0.1) is 0 Å². The summed E-state index contributed by atoms with van der Waals surface area (Å²) in [5.74, 6) is 1.15. The second kappa shape index (κ2) is 7.26. The Morgan fingerprint density at radius 2 is 1.68 bits per heavy atom. The number of aryl methyl sites for hydroxylation is 2. The summed E-state index contributed by atoms with van der Waals surface area (Å²) in [5.41, 5.74) is 4.51. The minimum absolute atomic E-state index is 0.127. The van der Waals surface area contributed by atoms with Crippen LogP contribution in [0.1, 0.15) is 18.1 Å². The fraction of sp³-hybridized carbons (Fsp3) is 0.300. The van der Waals surface area contributed by atoms with E-state index in [2.05, 4.69) is 41.4 Å². The van der Waals surface area contributed by atoms with Crippen molar-refractivity contribution in [1.29, 1.82) is 0 Å². The largest absolute Gasteiger partial charge is 0.280 e. The molecule has 1 atom stereocenters. The van der Waals surface area contributed by atoms with E-state index in [4.69, 9.17) is 0 Å². The van der Waals surface area contributed by atoms with Crippen molar-refractivity contribution in [2.75, 3.05) is 17.2 Å². The van der Waals surface area contributed by atoms with Crippen LogP contribution in [0.15, 0.2) is 53.5 Å². The van der Waals surface area contributed by atoms with Gasteiger partial charge in [-0.3, -0.25) is 14.7 Å². The molecule has 1 unspecified atom stereocenters. The highest BCUT2D eigenvalue weighted by Crippen LogP contribution is 2.38. The summed E-state index contributed by atoms with van der Waals surface area (Å²) in [4.78, 5) is 19.8. The SMILES string of the molecule is CC(SC1=NCCS1)C(=O)N1c2ccccc2CCc2ccccc21.